The van der Waals surface area contributed by atoms with Crippen LogP contribution in [0.5, 0.6) is 0 Å². The third kappa shape index (κ3) is 3.34. The summed E-state index contributed by atoms with van der Waals surface area (Å²) in [5, 5.41) is 7.41. The summed E-state index contributed by atoms with van der Waals surface area (Å²) in [4.78, 5) is 18.1. The second-order valence-electron chi connectivity index (χ2n) is 5.14. The van der Waals surface area contributed by atoms with Gasteiger partial charge in [-0.25, -0.2) is 4.98 Å². The van der Waals surface area contributed by atoms with Crippen molar-refractivity contribution in [3.8, 4) is 0 Å². The largest absolute Gasteiger partial charge is 0.349 e. The maximum Gasteiger partial charge on any atom is 0.226 e. The van der Waals surface area contributed by atoms with Crippen LogP contribution in [0.15, 0.2) is 6.20 Å². The summed E-state index contributed by atoms with van der Waals surface area (Å²) in [6.07, 6.45) is 5.71. The number of aromatic nitrogens is 1. The second-order valence-corrected chi connectivity index (χ2v) is 6.34. The molecule has 5 heteroatoms. The molecule has 1 aromatic rings. The highest BCUT2D eigenvalue weighted by molar-refractivity contribution is 7.11. The Labute approximate surface area is 119 Å². The van der Waals surface area contributed by atoms with E-state index in [2.05, 4.69) is 29.5 Å². The van der Waals surface area contributed by atoms with E-state index >= 15 is 0 Å². The number of piperidine rings is 1. The van der Waals surface area contributed by atoms with Crippen molar-refractivity contribution in [2.45, 2.75) is 46.1 Å². The molecule has 1 aromatic heterocycles. The number of thiazole rings is 1. The zero-order valence-electron chi connectivity index (χ0n) is 11.8. The number of nitrogens with zero attached hydrogens (tertiary/aromatic N) is 1. The molecule has 0 unspecified atom stereocenters. The number of carbonyl (C=O) groups is 1. The van der Waals surface area contributed by atoms with Crippen molar-refractivity contribution in [3.05, 3.63) is 16.1 Å². The molecule has 1 aliphatic rings. The van der Waals surface area contributed by atoms with Crippen molar-refractivity contribution in [2.24, 2.45) is 5.41 Å². The lowest BCUT2D eigenvalue weighted by atomic mass is 9.76. The Bertz CT molecular complexity index is 424. The summed E-state index contributed by atoms with van der Waals surface area (Å²) in [7, 11) is 0. The van der Waals surface area contributed by atoms with Gasteiger partial charge in [0.05, 0.1) is 12.0 Å². The minimum atomic E-state index is -0.171. The molecule has 4 nitrogen and oxygen atoms in total. The van der Waals surface area contributed by atoms with Gasteiger partial charge in [0, 0.05) is 11.1 Å². The normalized spacial score (nSPS) is 18.2. The van der Waals surface area contributed by atoms with Crippen molar-refractivity contribution in [2.75, 3.05) is 13.1 Å². The van der Waals surface area contributed by atoms with Crippen molar-refractivity contribution in [3.63, 3.8) is 0 Å². The molecule has 0 atom stereocenters. The van der Waals surface area contributed by atoms with Crippen LogP contribution in [0.2, 0.25) is 0 Å². The van der Waals surface area contributed by atoms with Crippen LogP contribution in [0, 0.1) is 5.41 Å². The SMILES string of the molecule is CCc1cnc(CNC(=O)C2(CC)CCNCC2)s1. The predicted octanol–water partition coefficient (Wildman–Crippen LogP) is 2.10. The Morgan fingerprint density at radius 1 is 1.47 bits per heavy atom. The molecule has 0 saturated carbocycles. The van der Waals surface area contributed by atoms with Gasteiger partial charge in [-0.1, -0.05) is 13.8 Å². The van der Waals surface area contributed by atoms with E-state index in [9.17, 15) is 4.79 Å². The van der Waals surface area contributed by atoms with Gasteiger partial charge in [-0.05, 0) is 38.8 Å². The minimum Gasteiger partial charge on any atom is -0.349 e. The molecule has 19 heavy (non-hydrogen) atoms. The maximum absolute atomic E-state index is 12.4. The Morgan fingerprint density at radius 2 is 2.21 bits per heavy atom. The number of rotatable bonds is 5. The van der Waals surface area contributed by atoms with Gasteiger partial charge in [0.25, 0.3) is 0 Å². The molecule has 2 rings (SSSR count). The van der Waals surface area contributed by atoms with E-state index in [0.29, 0.717) is 6.54 Å². The monoisotopic (exact) mass is 281 g/mol. The summed E-state index contributed by atoms with van der Waals surface area (Å²) in [6, 6.07) is 0. The zero-order chi connectivity index (χ0) is 13.7. The highest BCUT2D eigenvalue weighted by Crippen LogP contribution is 2.32. The van der Waals surface area contributed by atoms with Gasteiger partial charge in [-0.2, -0.15) is 0 Å². The van der Waals surface area contributed by atoms with Crippen molar-refractivity contribution >= 4 is 17.2 Å². The zero-order valence-corrected chi connectivity index (χ0v) is 12.6. The fourth-order valence-electron chi connectivity index (χ4n) is 2.58. The number of amides is 1. The lowest BCUT2D eigenvalue weighted by Gasteiger charge is -2.35. The molecule has 0 bridgehead atoms. The van der Waals surface area contributed by atoms with E-state index in [4.69, 9.17) is 0 Å². The van der Waals surface area contributed by atoms with E-state index in [1.165, 1.54) is 4.88 Å². The average Bonchev–Trinajstić information content (AvgIpc) is 2.93. The summed E-state index contributed by atoms with van der Waals surface area (Å²) in [5.41, 5.74) is -0.171. The fourth-order valence-corrected chi connectivity index (χ4v) is 3.39. The van der Waals surface area contributed by atoms with Gasteiger partial charge in [0.1, 0.15) is 5.01 Å². The molecule has 2 heterocycles. The Morgan fingerprint density at radius 3 is 2.79 bits per heavy atom. The maximum atomic E-state index is 12.4. The molecule has 1 amide bonds. The first-order valence-electron chi connectivity index (χ1n) is 7.13. The standard InChI is InChI=1S/C14H23N3OS/c1-3-11-9-16-12(19-11)10-17-13(18)14(4-2)5-7-15-8-6-14/h9,15H,3-8,10H2,1-2H3,(H,17,18). The number of hydrogen-bond donors (Lipinski definition) is 2. The Hall–Kier alpha value is -0.940. The predicted molar refractivity (Wildman–Crippen MR) is 78.2 cm³/mol. The molecule has 1 fully saturated rings. The Kier molecular flexibility index (Phi) is 4.93. The molecule has 2 N–H and O–H groups in total. The van der Waals surface area contributed by atoms with E-state index in [0.717, 1.165) is 43.8 Å². The highest BCUT2D eigenvalue weighted by Gasteiger charge is 2.37. The van der Waals surface area contributed by atoms with E-state index in [1.54, 1.807) is 11.3 Å². The molecule has 1 aliphatic heterocycles. The van der Waals surface area contributed by atoms with Crippen LogP contribution >= 0.6 is 11.3 Å². The summed E-state index contributed by atoms with van der Waals surface area (Å²) in [5.74, 6) is 0.199. The van der Waals surface area contributed by atoms with Gasteiger partial charge in [0.2, 0.25) is 5.91 Å². The van der Waals surface area contributed by atoms with Gasteiger partial charge in [0.15, 0.2) is 0 Å². The number of hydrogen-bond acceptors (Lipinski definition) is 4. The van der Waals surface area contributed by atoms with Gasteiger partial charge < -0.3 is 10.6 Å². The van der Waals surface area contributed by atoms with Crippen LogP contribution in [-0.2, 0) is 17.8 Å². The number of nitrogens with one attached hydrogen (secondary N) is 2. The van der Waals surface area contributed by atoms with Gasteiger partial charge >= 0.3 is 0 Å². The third-order valence-corrected chi connectivity index (χ3v) is 5.21. The van der Waals surface area contributed by atoms with E-state index < -0.39 is 0 Å². The van der Waals surface area contributed by atoms with Crippen LogP contribution < -0.4 is 10.6 Å². The first-order chi connectivity index (χ1) is 9.20. The summed E-state index contributed by atoms with van der Waals surface area (Å²) in [6.45, 7) is 6.69. The first kappa shape index (κ1) is 14.5. The van der Waals surface area contributed by atoms with Crippen LogP contribution in [0.4, 0.5) is 0 Å². The lowest BCUT2D eigenvalue weighted by Crippen LogP contribution is -2.47. The average molecular weight is 281 g/mol. The van der Waals surface area contributed by atoms with E-state index in [-0.39, 0.29) is 11.3 Å². The van der Waals surface area contributed by atoms with Gasteiger partial charge in [-0.15, -0.1) is 11.3 Å². The lowest BCUT2D eigenvalue weighted by molar-refractivity contribution is -0.133. The molecular formula is C14H23N3OS. The number of carbonyl (C=O) groups excluding carboxylic acids is 1. The van der Waals surface area contributed by atoms with Crippen LogP contribution in [-0.4, -0.2) is 24.0 Å². The molecule has 0 spiro atoms. The summed E-state index contributed by atoms with van der Waals surface area (Å²) < 4.78 is 0. The van der Waals surface area contributed by atoms with Crippen LogP contribution in [0.3, 0.4) is 0 Å². The molecular weight excluding hydrogens is 258 g/mol. The van der Waals surface area contributed by atoms with Crippen LogP contribution in [0.25, 0.3) is 0 Å². The van der Waals surface area contributed by atoms with E-state index in [1.807, 2.05) is 6.20 Å². The quantitative estimate of drug-likeness (QED) is 0.869. The van der Waals surface area contributed by atoms with Gasteiger partial charge in [-0.3, -0.25) is 4.79 Å². The summed E-state index contributed by atoms with van der Waals surface area (Å²) >= 11 is 1.69. The van der Waals surface area contributed by atoms with Crippen molar-refractivity contribution in [1.29, 1.82) is 0 Å². The number of aryl methyl sites for hydroxylation is 1. The molecule has 0 radical (unpaired) electrons. The Balaban J connectivity index is 1.92. The van der Waals surface area contributed by atoms with Crippen molar-refractivity contribution < 1.29 is 4.79 Å². The highest BCUT2D eigenvalue weighted by atomic mass is 32.1. The topological polar surface area (TPSA) is 54.0 Å². The molecule has 106 valence electrons. The molecule has 1 saturated heterocycles. The minimum absolute atomic E-state index is 0.171. The van der Waals surface area contributed by atoms with Crippen LogP contribution in [0.1, 0.15) is 43.0 Å². The fraction of sp³-hybridized carbons (Fsp3) is 0.714. The second kappa shape index (κ2) is 6.48. The first-order valence-corrected chi connectivity index (χ1v) is 7.94. The molecule has 0 aliphatic carbocycles. The van der Waals surface area contributed by atoms with Crippen molar-refractivity contribution in [1.82, 2.24) is 15.6 Å². The molecule has 0 aromatic carbocycles. The third-order valence-electron chi connectivity index (χ3n) is 4.07. The smallest absolute Gasteiger partial charge is 0.226 e.